The number of hydrogen-bond acceptors (Lipinski definition) is 5. The monoisotopic (exact) mass is 439 g/mol. The molecule has 7 nitrogen and oxygen atoms in total. The molecule has 0 aliphatic carbocycles. The van der Waals surface area contributed by atoms with E-state index in [-0.39, 0.29) is 11.4 Å². The van der Waals surface area contributed by atoms with Crippen LogP contribution in [0, 0.1) is 5.82 Å². The molecule has 0 saturated heterocycles. The summed E-state index contributed by atoms with van der Waals surface area (Å²) in [5, 5.41) is 6.32. The van der Waals surface area contributed by atoms with Gasteiger partial charge < -0.3 is 10.1 Å². The Morgan fingerprint density at radius 3 is 2.42 bits per heavy atom. The Morgan fingerprint density at radius 2 is 1.68 bits per heavy atom. The summed E-state index contributed by atoms with van der Waals surface area (Å²) in [5.41, 5.74) is 2.74. The molecular formula is C22H15ClFN3O4. The maximum absolute atomic E-state index is 13.5. The third kappa shape index (κ3) is 6.22. The molecule has 2 amide bonds. The fraction of sp³-hybridized carbons (Fsp3) is 0. The quantitative estimate of drug-likeness (QED) is 0.208. The van der Waals surface area contributed by atoms with Gasteiger partial charge in [-0.05, 0) is 54.1 Å². The highest BCUT2D eigenvalue weighted by molar-refractivity contribution is 6.39. The van der Waals surface area contributed by atoms with Crippen LogP contribution in [0.5, 0.6) is 5.75 Å². The summed E-state index contributed by atoms with van der Waals surface area (Å²) in [7, 11) is 0. The van der Waals surface area contributed by atoms with Gasteiger partial charge >= 0.3 is 17.8 Å². The van der Waals surface area contributed by atoms with Crippen molar-refractivity contribution in [3.05, 3.63) is 94.8 Å². The lowest BCUT2D eigenvalue weighted by Gasteiger charge is -2.05. The molecule has 31 heavy (non-hydrogen) atoms. The summed E-state index contributed by atoms with van der Waals surface area (Å²) in [6.45, 7) is 0. The number of rotatable bonds is 5. The van der Waals surface area contributed by atoms with Gasteiger partial charge in [0.05, 0.1) is 17.5 Å². The Morgan fingerprint density at radius 1 is 0.935 bits per heavy atom. The van der Waals surface area contributed by atoms with Gasteiger partial charge in [-0.1, -0.05) is 35.9 Å². The van der Waals surface area contributed by atoms with E-state index in [1.54, 1.807) is 30.3 Å². The van der Waals surface area contributed by atoms with Gasteiger partial charge in [-0.15, -0.1) is 0 Å². The number of para-hydroxylation sites is 1. The van der Waals surface area contributed by atoms with E-state index in [4.69, 9.17) is 16.3 Å². The summed E-state index contributed by atoms with van der Waals surface area (Å²) >= 11 is 5.80. The molecule has 156 valence electrons. The first-order valence-corrected chi connectivity index (χ1v) is 9.27. The van der Waals surface area contributed by atoms with Gasteiger partial charge in [0.25, 0.3) is 0 Å². The van der Waals surface area contributed by atoms with Crippen molar-refractivity contribution < 1.29 is 23.5 Å². The summed E-state index contributed by atoms with van der Waals surface area (Å²) in [6, 6.07) is 18.0. The number of benzene rings is 3. The third-order valence-electron chi connectivity index (χ3n) is 3.86. The standard InChI is InChI=1S/C22H15ClFN3O4/c23-16-10-8-15(9-11-16)22(30)31-17-5-3-4-14(12-17)13-25-27-21(29)20(28)26-19-7-2-1-6-18(19)24/h1-13H,(H,26,28)(H,27,29)/b25-13+. The Balaban J connectivity index is 1.57. The van der Waals surface area contributed by atoms with E-state index in [9.17, 15) is 18.8 Å². The molecule has 0 heterocycles. The van der Waals surface area contributed by atoms with E-state index in [2.05, 4.69) is 10.4 Å². The highest BCUT2D eigenvalue weighted by atomic mass is 35.5. The fourth-order valence-corrected chi connectivity index (χ4v) is 2.49. The largest absolute Gasteiger partial charge is 0.423 e. The molecule has 0 spiro atoms. The predicted molar refractivity (Wildman–Crippen MR) is 114 cm³/mol. The SMILES string of the molecule is O=C(N/N=C/c1cccc(OC(=O)c2ccc(Cl)cc2)c1)C(=O)Nc1ccccc1F. The topological polar surface area (TPSA) is 96.9 Å². The Labute approximate surface area is 181 Å². The van der Waals surface area contributed by atoms with Gasteiger partial charge in [-0.3, -0.25) is 9.59 Å². The van der Waals surface area contributed by atoms with Crippen molar-refractivity contribution in [3.63, 3.8) is 0 Å². The van der Waals surface area contributed by atoms with Crippen molar-refractivity contribution in [3.8, 4) is 5.75 Å². The maximum atomic E-state index is 13.5. The van der Waals surface area contributed by atoms with Crippen molar-refractivity contribution >= 4 is 41.3 Å². The van der Waals surface area contributed by atoms with E-state index in [1.807, 2.05) is 5.43 Å². The Hall–Kier alpha value is -4.04. The maximum Gasteiger partial charge on any atom is 0.343 e. The van der Waals surface area contributed by atoms with Crippen molar-refractivity contribution in [2.45, 2.75) is 0 Å². The number of hydrazone groups is 1. The molecule has 0 unspecified atom stereocenters. The minimum atomic E-state index is -1.08. The normalized spacial score (nSPS) is 10.5. The van der Waals surface area contributed by atoms with Crippen LogP contribution in [0.3, 0.4) is 0 Å². The highest BCUT2D eigenvalue weighted by Gasteiger charge is 2.14. The number of esters is 1. The van der Waals surface area contributed by atoms with Crippen LogP contribution in [0.4, 0.5) is 10.1 Å². The number of anilines is 1. The second kappa shape index (κ2) is 10.1. The molecule has 0 fully saturated rings. The number of carbonyl (C=O) groups is 3. The van der Waals surface area contributed by atoms with Crippen LogP contribution >= 0.6 is 11.6 Å². The minimum absolute atomic E-state index is 0.123. The summed E-state index contributed by atoms with van der Waals surface area (Å²) < 4.78 is 18.8. The van der Waals surface area contributed by atoms with Crippen molar-refractivity contribution in [1.29, 1.82) is 0 Å². The fourth-order valence-electron chi connectivity index (χ4n) is 2.37. The number of amides is 2. The van der Waals surface area contributed by atoms with Crippen LogP contribution in [0.2, 0.25) is 5.02 Å². The third-order valence-corrected chi connectivity index (χ3v) is 4.11. The van der Waals surface area contributed by atoms with Gasteiger partial charge in [0.15, 0.2) is 0 Å². The van der Waals surface area contributed by atoms with E-state index in [1.165, 1.54) is 42.6 Å². The molecule has 0 aliphatic rings. The van der Waals surface area contributed by atoms with E-state index >= 15 is 0 Å². The zero-order valence-corrected chi connectivity index (χ0v) is 16.6. The van der Waals surface area contributed by atoms with Crippen molar-refractivity contribution in [1.82, 2.24) is 5.43 Å². The number of ether oxygens (including phenoxy) is 1. The summed E-state index contributed by atoms with van der Waals surface area (Å²) in [6.07, 6.45) is 1.26. The molecule has 0 radical (unpaired) electrons. The van der Waals surface area contributed by atoms with E-state index < -0.39 is 23.6 Å². The molecule has 3 rings (SSSR count). The minimum Gasteiger partial charge on any atom is -0.423 e. The Bertz CT molecular complexity index is 1150. The molecule has 0 bridgehead atoms. The van der Waals surface area contributed by atoms with Crippen LogP contribution in [0.15, 0.2) is 77.9 Å². The second-order valence-corrected chi connectivity index (χ2v) is 6.54. The average Bonchev–Trinajstić information content (AvgIpc) is 2.76. The summed E-state index contributed by atoms with van der Waals surface area (Å²) in [4.78, 5) is 35.8. The highest BCUT2D eigenvalue weighted by Crippen LogP contribution is 2.16. The number of hydrogen-bond donors (Lipinski definition) is 2. The van der Waals surface area contributed by atoms with Gasteiger partial charge in [0.1, 0.15) is 11.6 Å². The molecule has 2 N–H and O–H groups in total. The van der Waals surface area contributed by atoms with Crippen molar-refractivity contribution in [2.24, 2.45) is 5.10 Å². The lowest BCUT2D eigenvalue weighted by atomic mass is 10.2. The number of nitrogens with one attached hydrogen (secondary N) is 2. The first kappa shape index (κ1) is 21.7. The molecule has 0 atom stereocenters. The van der Waals surface area contributed by atoms with Crippen LogP contribution < -0.4 is 15.5 Å². The molecule has 9 heteroatoms. The first-order valence-electron chi connectivity index (χ1n) is 8.89. The van der Waals surface area contributed by atoms with Crippen LogP contribution in [0.25, 0.3) is 0 Å². The molecule has 0 aliphatic heterocycles. The summed E-state index contributed by atoms with van der Waals surface area (Å²) in [5.74, 6) is -3.13. The van der Waals surface area contributed by atoms with Crippen LogP contribution in [-0.4, -0.2) is 24.0 Å². The molecule has 0 aromatic heterocycles. The molecule has 3 aromatic carbocycles. The lowest BCUT2D eigenvalue weighted by molar-refractivity contribution is -0.136. The van der Waals surface area contributed by atoms with Gasteiger partial charge in [-0.25, -0.2) is 14.6 Å². The lowest BCUT2D eigenvalue weighted by Crippen LogP contribution is -2.32. The predicted octanol–water partition coefficient (Wildman–Crippen LogP) is 3.79. The number of carbonyl (C=O) groups excluding carboxylic acids is 3. The van der Waals surface area contributed by atoms with Gasteiger partial charge in [0, 0.05) is 5.02 Å². The number of halogens is 2. The zero-order valence-electron chi connectivity index (χ0n) is 15.8. The van der Waals surface area contributed by atoms with E-state index in [0.717, 1.165) is 6.07 Å². The Kier molecular flexibility index (Phi) is 7.08. The van der Waals surface area contributed by atoms with Crippen LogP contribution in [-0.2, 0) is 9.59 Å². The smallest absolute Gasteiger partial charge is 0.343 e. The second-order valence-electron chi connectivity index (χ2n) is 6.10. The van der Waals surface area contributed by atoms with Crippen LogP contribution in [0.1, 0.15) is 15.9 Å². The zero-order chi connectivity index (χ0) is 22.2. The van der Waals surface area contributed by atoms with Crippen molar-refractivity contribution in [2.75, 3.05) is 5.32 Å². The average molecular weight is 440 g/mol. The first-order chi connectivity index (χ1) is 14.9. The van der Waals surface area contributed by atoms with Gasteiger partial charge in [0.2, 0.25) is 0 Å². The number of nitrogens with zero attached hydrogens (tertiary/aromatic N) is 1. The van der Waals surface area contributed by atoms with E-state index in [0.29, 0.717) is 16.1 Å². The molecule has 3 aromatic rings. The molecular weight excluding hydrogens is 425 g/mol. The van der Waals surface area contributed by atoms with Gasteiger partial charge in [-0.2, -0.15) is 5.10 Å². The molecule has 0 saturated carbocycles.